The quantitative estimate of drug-likeness (QED) is 0.679. The predicted octanol–water partition coefficient (Wildman–Crippen LogP) is 4.82. The number of carbonyl (C=O) groups excluding carboxylic acids is 3. The van der Waals surface area contributed by atoms with Gasteiger partial charge in [-0.15, -0.1) is 0 Å². The molecule has 4 aliphatic rings. The molecule has 1 aliphatic heterocycles. The molecule has 0 N–H and O–H groups in total. The molecular weight excluding hydrogens is 398 g/mol. The zero-order chi connectivity index (χ0) is 21.3. The van der Waals surface area contributed by atoms with E-state index < -0.39 is 5.41 Å². The van der Waals surface area contributed by atoms with Crippen molar-refractivity contribution in [3.05, 3.63) is 34.9 Å². The minimum atomic E-state index is -0.449. The standard InChI is InChI=1S/C25H30ClNO3/c1-24-12-11-22(30)27(14-15-3-5-16(26)6-4-15)20(24)9-7-17-18-8-10-21(29)25(18,2)13-19(28)23(17)24/h3-6,17-18,20,23H,7-14H2,1-2H3/t17?,18-,20?,23+,24?,25?/m0/s1. The van der Waals surface area contributed by atoms with E-state index in [0.717, 1.165) is 31.2 Å². The van der Waals surface area contributed by atoms with Crippen molar-refractivity contribution in [3.8, 4) is 0 Å². The highest BCUT2D eigenvalue weighted by molar-refractivity contribution is 6.30. The van der Waals surface area contributed by atoms with E-state index in [2.05, 4.69) is 6.92 Å². The van der Waals surface area contributed by atoms with Crippen LogP contribution in [0, 0.1) is 28.6 Å². The second-order valence-electron chi connectivity index (χ2n) is 10.5. The second kappa shape index (κ2) is 6.91. The molecule has 5 heteroatoms. The van der Waals surface area contributed by atoms with Crippen molar-refractivity contribution in [1.29, 1.82) is 0 Å². The normalized spacial score (nSPS) is 40.8. The minimum Gasteiger partial charge on any atom is -0.335 e. The van der Waals surface area contributed by atoms with E-state index in [1.807, 2.05) is 36.1 Å². The van der Waals surface area contributed by atoms with Gasteiger partial charge in [0, 0.05) is 48.2 Å². The Kier molecular flexibility index (Phi) is 4.66. The largest absolute Gasteiger partial charge is 0.335 e. The van der Waals surface area contributed by atoms with Crippen LogP contribution in [-0.2, 0) is 20.9 Å². The Morgan fingerprint density at radius 2 is 1.77 bits per heavy atom. The van der Waals surface area contributed by atoms with Crippen molar-refractivity contribution in [3.63, 3.8) is 0 Å². The van der Waals surface area contributed by atoms with Gasteiger partial charge < -0.3 is 4.90 Å². The van der Waals surface area contributed by atoms with Gasteiger partial charge in [0.15, 0.2) is 0 Å². The number of rotatable bonds is 2. The van der Waals surface area contributed by atoms with E-state index in [1.54, 1.807) is 0 Å². The molecule has 0 aromatic heterocycles. The van der Waals surface area contributed by atoms with Crippen LogP contribution in [0.2, 0.25) is 5.02 Å². The van der Waals surface area contributed by atoms with Crippen LogP contribution in [0.3, 0.4) is 0 Å². The minimum absolute atomic E-state index is 0.0268. The number of carbonyl (C=O) groups is 3. The van der Waals surface area contributed by atoms with E-state index in [9.17, 15) is 14.4 Å². The molecule has 3 saturated carbocycles. The van der Waals surface area contributed by atoms with Gasteiger partial charge in [-0.2, -0.15) is 0 Å². The average molecular weight is 428 g/mol. The van der Waals surface area contributed by atoms with Crippen molar-refractivity contribution in [1.82, 2.24) is 4.90 Å². The lowest BCUT2D eigenvalue weighted by atomic mass is 9.47. The molecule has 0 spiro atoms. The Morgan fingerprint density at radius 1 is 1.03 bits per heavy atom. The van der Waals surface area contributed by atoms with Crippen molar-refractivity contribution >= 4 is 29.1 Å². The van der Waals surface area contributed by atoms with Crippen LogP contribution in [0.15, 0.2) is 24.3 Å². The summed E-state index contributed by atoms with van der Waals surface area (Å²) in [4.78, 5) is 41.1. The SMILES string of the molecule is CC12CC(=O)[C@H]3C(CCC4N(Cc5ccc(Cl)cc5)C(=O)CCC43C)[C@@H]1CCC2=O. The molecule has 0 bridgehead atoms. The summed E-state index contributed by atoms with van der Waals surface area (Å²) in [5, 5.41) is 0.691. The molecule has 1 amide bonds. The van der Waals surface area contributed by atoms with Gasteiger partial charge in [0.05, 0.1) is 0 Å². The maximum atomic E-state index is 13.5. The summed E-state index contributed by atoms with van der Waals surface area (Å²) < 4.78 is 0. The Bertz CT molecular complexity index is 911. The number of fused-ring (bicyclic) bond motifs is 5. The van der Waals surface area contributed by atoms with Crippen molar-refractivity contribution in [2.45, 2.75) is 71.4 Å². The Morgan fingerprint density at radius 3 is 2.50 bits per heavy atom. The number of piperidine rings is 1. The molecule has 6 atom stereocenters. The summed E-state index contributed by atoms with van der Waals surface area (Å²) in [5.74, 6) is 1.33. The number of benzene rings is 1. The third-order valence-corrected chi connectivity index (χ3v) is 9.31. The lowest BCUT2D eigenvalue weighted by Gasteiger charge is -2.60. The van der Waals surface area contributed by atoms with Crippen LogP contribution >= 0.6 is 11.6 Å². The van der Waals surface area contributed by atoms with E-state index >= 15 is 0 Å². The van der Waals surface area contributed by atoms with Gasteiger partial charge in [0.1, 0.15) is 11.6 Å². The van der Waals surface area contributed by atoms with Crippen LogP contribution in [-0.4, -0.2) is 28.4 Å². The number of ketones is 2. The van der Waals surface area contributed by atoms with Gasteiger partial charge in [-0.25, -0.2) is 0 Å². The molecule has 4 nitrogen and oxygen atoms in total. The topological polar surface area (TPSA) is 54.5 Å². The van der Waals surface area contributed by atoms with Gasteiger partial charge in [0.2, 0.25) is 5.91 Å². The summed E-state index contributed by atoms with van der Waals surface area (Å²) in [6, 6.07) is 7.78. The maximum absolute atomic E-state index is 13.5. The average Bonchev–Trinajstić information content (AvgIpc) is 3.00. The van der Waals surface area contributed by atoms with Crippen LogP contribution < -0.4 is 0 Å². The third kappa shape index (κ3) is 2.82. The first-order valence-electron chi connectivity index (χ1n) is 11.3. The van der Waals surface area contributed by atoms with Crippen LogP contribution in [0.4, 0.5) is 0 Å². The number of halogens is 1. The molecule has 3 aliphatic carbocycles. The fourth-order valence-corrected chi connectivity index (χ4v) is 7.71. The molecule has 1 aromatic rings. The summed E-state index contributed by atoms with van der Waals surface area (Å²) in [5.41, 5.74) is 0.422. The number of Topliss-reactive ketones (excluding diaryl/α,β-unsaturated/α-hetero) is 2. The summed E-state index contributed by atoms with van der Waals surface area (Å²) in [6.07, 6.45) is 5.08. The van der Waals surface area contributed by atoms with Crippen molar-refractivity contribution in [2.75, 3.05) is 0 Å². The lowest BCUT2D eigenvalue weighted by Crippen LogP contribution is -2.64. The third-order valence-electron chi connectivity index (χ3n) is 9.06. The van der Waals surface area contributed by atoms with E-state index in [4.69, 9.17) is 11.6 Å². The molecular formula is C25H30ClNO3. The Hall–Kier alpha value is -1.68. The van der Waals surface area contributed by atoms with Crippen molar-refractivity contribution in [2.24, 2.45) is 28.6 Å². The van der Waals surface area contributed by atoms with Crippen LogP contribution in [0.5, 0.6) is 0 Å². The lowest BCUT2D eigenvalue weighted by molar-refractivity contribution is -0.171. The van der Waals surface area contributed by atoms with Crippen LogP contribution in [0.25, 0.3) is 0 Å². The molecule has 30 heavy (non-hydrogen) atoms. The summed E-state index contributed by atoms with van der Waals surface area (Å²) in [7, 11) is 0. The molecule has 5 rings (SSSR count). The fourth-order valence-electron chi connectivity index (χ4n) is 7.58. The molecule has 1 aromatic carbocycles. The van der Waals surface area contributed by atoms with Gasteiger partial charge in [-0.3, -0.25) is 14.4 Å². The van der Waals surface area contributed by atoms with Gasteiger partial charge in [-0.05, 0) is 60.6 Å². The Labute approximate surface area is 183 Å². The highest BCUT2D eigenvalue weighted by Gasteiger charge is 2.64. The first-order chi connectivity index (χ1) is 14.2. The molecule has 1 saturated heterocycles. The Balaban J connectivity index is 1.47. The first-order valence-corrected chi connectivity index (χ1v) is 11.7. The number of hydrogen-bond acceptors (Lipinski definition) is 3. The van der Waals surface area contributed by atoms with Crippen LogP contribution in [0.1, 0.15) is 64.4 Å². The molecule has 4 unspecified atom stereocenters. The highest BCUT2D eigenvalue weighted by Crippen LogP contribution is 2.62. The number of amides is 1. The molecule has 1 heterocycles. The fraction of sp³-hybridized carbons (Fsp3) is 0.640. The van der Waals surface area contributed by atoms with Gasteiger partial charge in [-0.1, -0.05) is 37.6 Å². The summed E-state index contributed by atoms with van der Waals surface area (Å²) >= 11 is 6.03. The molecule has 0 radical (unpaired) electrons. The zero-order valence-electron chi connectivity index (χ0n) is 17.8. The highest BCUT2D eigenvalue weighted by atomic mass is 35.5. The summed E-state index contributed by atoms with van der Waals surface area (Å²) in [6.45, 7) is 4.85. The first kappa shape index (κ1) is 20.2. The van der Waals surface area contributed by atoms with E-state index in [1.165, 1.54) is 0 Å². The smallest absolute Gasteiger partial charge is 0.223 e. The number of nitrogens with zero attached hydrogens (tertiary/aromatic N) is 1. The maximum Gasteiger partial charge on any atom is 0.223 e. The van der Waals surface area contributed by atoms with Crippen molar-refractivity contribution < 1.29 is 14.4 Å². The zero-order valence-corrected chi connectivity index (χ0v) is 18.6. The second-order valence-corrected chi connectivity index (χ2v) is 11.0. The molecule has 160 valence electrons. The number of hydrogen-bond donors (Lipinski definition) is 0. The van der Waals surface area contributed by atoms with Gasteiger partial charge in [0.25, 0.3) is 0 Å². The number of likely N-dealkylation sites (tertiary alicyclic amines) is 1. The van der Waals surface area contributed by atoms with E-state index in [-0.39, 0.29) is 40.8 Å². The predicted molar refractivity (Wildman–Crippen MR) is 115 cm³/mol. The monoisotopic (exact) mass is 427 g/mol. The molecule has 4 fully saturated rings. The van der Waals surface area contributed by atoms with Gasteiger partial charge >= 0.3 is 0 Å². The van der Waals surface area contributed by atoms with E-state index in [0.29, 0.717) is 36.7 Å².